The Labute approximate surface area is 57.8 Å². The second-order valence-corrected chi connectivity index (χ2v) is 1.61. The first-order valence-corrected chi connectivity index (χ1v) is 2.61. The zero-order chi connectivity index (χ0) is 4.83. The largest absolute Gasteiger partial charge is 0.330 e. The summed E-state index contributed by atoms with van der Waals surface area (Å²) in [6.45, 7) is 0.595. The molecule has 2 nitrogen and oxygen atoms in total. The zero-order valence-corrected chi connectivity index (χ0v) is 6.28. The van der Waals surface area contributed by atoms with Crippen molar-refractivity contribution in [3.05, 3.63) is 0 Å². The van der Waals surface area contributed by atoms with Crippen LogP contribution in [0, 0.1) is 10.7 Å². The molecule has 4 heteroatoms. The molecule has 0 fully saturated rings. The minimum Gasteiger partial charge on any atom is -0.330 e. The van der Waals surface area contributed by atoms with Crippen LogP contribution in [-0.2, 0) is 0 Å². The molecule has 0 aliphatic heterocycles. The van der Waals surface area contributed by atoms with E-state index in [1.807, 2.05) is 5.40 Å². The minimum atomic E-state index is 0. The van der Waals surface area contributed by atoms with Gasteiger partial charge in [-0.15, -0.1) is 17.0 Å². The van der Waals surface area contributed by atoms with Crippen molar-refractivity contribution in [3.63, 3.8) is 0 Å². The van der Waals surface area contributed by atoms with Gasteiger partial charge >= 0.3 is 0 Å². The molecule has 0 unspecified atom stereocenters. The summed E-state index contributed by atoms with van der Waals surface area (Å²) in [5.74, 6) is 0.747. The smallest absolute Gasteiger partial charge is 0.133 e. The summed E-state index contributed by atoms with van der Waals surface area (Å²) in [6, 6.07) is 0. The third kappa shape index (κ3) is 10.7. The zero-order valence-electron chi connectivity index (χ0n) is 3.76. The molecule has 0 heterocycles. The van der Waals surface area contributed by atoms with Crippen molar-refractivity contribution in [1.29, 1.82) is 5.26 Å². The first-order valence-electron chi connectivity index (χ1n) is 1.62. The molecule has 7 heavy (non-hydrogen) atoms. The quantitative estimate of drug-likeness (QED) is 0.507. The van der Waals surface area contributed by atoms with E-state index in [2.05, 4.69) is 0 Å². The Bertz CT molecular complexity index is 60.4. The molecule has 0 spiro atoms. The van der Waals surface area contributed by atoms with Gasteiger partial charge in [0.05, 0.1) is 0 Å². The average Bonchev–Trinajstić information content (AvgIpc) is 1.61. The van der Waals surface area contributed by atoms with E-state index < -0.39 is 0 Å². The highest BCUT2D eigenvalue weighted by Gasteiger charge is 1.74. The highest BCUT2D eigenvalue weighted by molar-refractivity contribution is 8.93. The van der Waals surface area contributed by atoms with Crippen LogP contribution >= 0.6 is 28.7 Å². The molecule has 0 aromatic carbocycles. The Morgan fingerprint density at radius 3 is 2.43 bits per heavy atom. The molecule has 0 aliphatic rings. The van der Waals surface area contributed by atoms with Crippen LogP contribution in [0.3, 0.4) is 0 Å². The van der Waals surface area contributed by atoms with E-state index in [1.165, 1.54) is 11.8 Å². The summed E-state index contributed by atoms with van der Waals surface area (Å²) in [6.07, 6.45) is 0. The molecule has 0 atom stereocenters. The SMILES string of the molecule is Br.N#CSCCN. The van der Waals surface area contributed by atoms with Gasteiger partial charge in [-0.3, -0.25) is 0 Å². The molecule has 0 aliphatic carbocycles. The van der Waals surface area contributed by atoms with Gasteiger partial charge in [0.15, 0.2) is 0 Å². The first kappa shape index (κ1) is 10.3. The van der Waals surface area contributed by atoms with Crippen molar-refractivity contribution in [1.82, 2.24) is 0 Å². The third-order valence-electron chi connectivity index (χ3n) is 0.284. The van der Waals surface area contributed by atoms with Crippen LogP contribution in [0.2, 0.25) is 0 Å². The lowest BCUT2D eigenvalue weighted by molar-refractivity contribution is 1.15. The number of nitrogens with zero attached hydrogens (tertiary/aromatic N) is 1. The molecule has 2 N–H and O–H groups in total. The summed E-state index contributed by atoms with van der Waals surface area (Å²) in [7, 11) is 0. The maximum absolute atomic E-state index is 7.85. The van der Waals surface area contributed by atoms with Crippen molar-refractivity contribution in [2.45, 2.75) is 0 Å². The van der Waals surface area contributed by atoms with E-state index in [-0.39, 0.29) is 17.0 Å². The van der Waals surface area contributed by atoms with Crippen LogP contribution in [0.4, 0.5) is 0 Å². The fourth-order valence-corrected chi connectivity index (χ4v) is 0.314. The van der Waals surface area contributed by atoms with Crippen molar-refractivity contribution in [2.24, 2.45) is 5.73 Å². The van der Waals surface area contributed by atoms with Gasteiger partial charge in [0.2, 0.25) is 0 Å². The molecule has 0 saturated heterocycles. The van der Waals surface area contributed by atoms with Crippen LogP contribution in [0.25, 0.3) is 0 Å². The molecule has 0 amide bonds. The number of nitriles is 1. The average molecular weight is 183 g/mol. The number of thiocyanates is 1. The monoisotopic (exact) mass is 182 g/mol. The number of thioether (sulfide) groups is 1. The fourth-order valence-electron chi connectivity index (χ4n) is 0.105. The second kappa shape index (κ2) is 9.56. The van der Waals surface area contributed by atoms with E-state index >= 15 is 0 Å². The standard InChI is InChI=1S/C3H6N2S.BrH/c4-1-2-6-3-5;/h1-2,4H2;1H. The Kier molecular flexibility index (Phi) is 14.1. The maximum atomic E-state index is 7.85. The van der Waals surface area contributed by atoms with Gasteiger partial charge in [-0.1, -0.05) is 0 Å². The number of rotatable bonds is 2. The summed E-state index contributed by atoms with van der Waals surface area (Å²) in [4.78, 5) is 0. The lowest BCUT2D eigenvalue weighted by atomic mass is 10.8. The molecular formula is C3H7BrN2S. The molecule has 42 valence electrons. The first-order chi connectivity index (χ1) is 2.91. The topological polar surface area (TPSA) is 49.8 Å². The van der Waals surface area contributed by atoms with Crippen LogP contribution in [0.15, 0.2) is 0 Å². The van der Waals surface area contributed by atoms with Crippen LogP contribution in [-0.4, -0.2) is 12.3 Å². The van der Waals surface area contributed by atoms with E-state index in [1.54, 1.807) is 0 Å². The molecule has 0 radical (unpaired) electrons. The highest BCUT2D eigenvalue weighted by atomic mass is 79.9. The molecule has 0 rings (SSSR count). The van der Waals surface area contributed by atoms with Crippen molar-refractivity contribution in [2.75, 3.05) is 12.3 Å². The molecule has 0 bridgehead atoms. The number of hydrogen-bond acceptors (Lipinski definition) is 3. The summed E-state index contributed by atoms with van der Waals surface area (Å²) >= 11 is 1.19. The summed E-state index contributed by atoms with van der Waals surface area (Å²) in [5.41, 5.74) is 5.04. The number of halogens is 1. The van der Waals surface area contributed by atoms with Crippen LogP contribution < -0.4 is 5.73 Å². The summed E-state index contributed by atoms with van der Waals surface area (Å²) in [5, 5.41) is 9.76. The predicted octanol–water partition coefficient (Wildman–Crippen LogP) is 0.737. The van der Waals surface area contributed by atoms with Gasteiger partial charge in [0.25, 0.3) is 0 Å². The number of hydrogen-bond donors (Lipinski definition) is 1. The lowest BCUT2D eigenvalue weighted by Gasteiger charge is -1.78. The van der Waals surface area contributed by atoms with Gasteiger partial charge in [0.1, 0.15) is 5.40 Å². The third-order valence-corrected chi connectivity index (χ3v) is 0.853. The van der Waals surface area contributed by atoms with Gasteiger partial charge in [-0.05, 0) is 11.8 Å². The van der Waals surface area contributed by atoms with E-state index in [4.69, 9.17) is 11.0 Å². The van der Waals surface area contributed by atoms with E-state index in [9.17, 15) is 0 Å². The van der Waals surface area contributed by atoms with Gasteiger partial charge in [-0.2, -0.15) is 5.26 Å². The lowest BCUT2D eigenvalue weighted by Crippen LogP contribution is -1.99. The van der Waals surface area contributed by atoms with Gasteiger partial charge < -0.3 is 5.73 Å². The van der Waals surface area contributed by atoms with Gasteiger partial charge in [-0.25, -0.2) is 0 Å². The Morgan fingerprint density at radius 2 is 2.29 bits per heavy atom. The molecule has 0 aromatic heterocycles. The van der Waals surface area contributed by atoms with E-state index in [0.29, 0.717) is 6.54 Å². The van der Waals surface area contributed by atoms with Crippen molar-refractivity contribution in [3.8, 4) is 5.40 Å². The van der Waals surface area contributed by atoms with Crippen LogP contribution in [0.5, 0.6) is 0 Å². The van der Waals surface area contributed by atoms with E-state index in [0.717, 1.165) is 5.75 Å². The van der Waals surface area contributed by atoms with Gasteiger partial charge in [0, 0.05) is 12.3 Å². The highest BCUT2D eigenvalue weighted by Crippen LogP contribution is 1.89. The van der Waals surface area contributed by atoms with Crippen LogP contribution in [0.1, 0.15) is 0 Å². The fraction of sp³-hybridized carbons (Fsp3) is 0.667. The van der Waals surface area contributed by atoms with Crippen molar-refractivity contribution >= 4 is 28.7 Å². The predicted molar refractivity (Wildman–Crippen MR) is 37.4 cm³/mol. The Hall–Kier alpha value is 0.280. The number of nitrogens with two attached hydrogens (primary N) is 1. The molecule has 0 saturated carbocycles. The Balaban J connectivity index is 0. The molecular weight excluding hydrogens is 176 g/mol. The molecule has 0 aromatic rings. The van der Waals surface area contributed by atoms with Crippen molar-refractivity contribution < 1.29 is 0 Å². The maximum Gasteiger partial charge on any atom is 0.133 e. The minimum absolute atomic E-state index is 0. The summed E-state index contributed by atoms with van der Waals surface area (Å²) < 4.78 is 0. The normalized spacial score (nSPS) is 6.29. The second-order valence-electron chi connectivity index (χ2n) is 0.728. The Morgan fingerprint density at radius 1 is 1.71 bits per heavy atom.